The molecule has 134 valence electrons. The van der Waals surface area contributed by atoms with Crippen LogP contribution in [0.5, 0.6) is 0 Å². The number of hydrogen-bond donors (Lipinski definition) is 1. The maximum atomic E-state index is 12.7. The van der Waals surface area contributed by atoms with E-state index < -0.39 is 34.0 Å². The van der Waals surface area contributed by atoms with Gasteiger partial charge >= 0.3 is 5.97 Å². The molecule has 7 nitrogen and oxygen atoms in total. The zero-order valence-corrected chi connectivity index (χ0v) is 15.8. The molecule has 2 aliphatic heterocycles. The van der Waals surface area contributed by atoms with Crippen LogP contribution < -0.4 is 5.32 Å². The third-order valence-corrected chi connectivity index (χ3v) is 7.47. The molecule has 0 radical (unpaired) electrons. The van der Waals surface area contributed by atoms with Gasteiger partial charge in [-0.25, -0.2) is 0 Å². The van der Waals surface area contributed by atoms with Gasteiger partial charge in [-0.2, -0.15) is 0 Å². The van der Waals surface area contributed by atoms with E-state index >= 15 is 0 Å². The number of hydrogen-bond acceptors (Lipinski definition) is 5. The van der Waals surface area contributed by atoms with Crippen LogP contribution in [0.3, 0.4) is 0 Å². The second-order valence-corrected chi connectivity index (χ2v) is 8.20. The summed E-state index contributed by atoms with van der Waals surface area (Å²) in [5.41, 5.74) is -0.597. The number of fused-ring (bicyclic) bond motifs is 1. The molecule has 0 bridgehead atoms. The van der Waals surface area contributed by atoms with Crippen LogP contribution in [0.2, 0.25) is 0 Å². The second-order valence-electron chi connectivity index (χ2n) is 6.10. The minimum absolute atomic E-state index is 0.0804. The molecule has 2 aliphatic rings. The molecule has 1 aromatic carbocycles. The van der Waals surface area contributed by atoms with E-state index in [9.17, 15) is 18.9 Å². The summed E-state index contributed by atoms with van der Waals surface area (Å²) in [6.45, 7) is 0.123. The smallest absolute Gasteiger partial charge is 0.319 e. The Morgan fingerprint density at radius 3 is 2.72 bits per heavy atom. The predicted octanol–water partition coefficient (Wildman–Crippen LogP) is 0.270. The quantitative estimate of drug-likeness (QED) is 0.321. The zero-order chi connectivity index (χ0) is 18.2. The van der Waals surface area contributed by atoms with Gasteiger partial charge in [0.15, 0.2) is 6.04 Å². The highest BCUT2D eigenvalue weighted by molar-refractivity contribution is 9.09. The van der Waals surface area contributed by atoms with Crippen molar-refractivity contribution in [1.29, 1.82) is 0 Å². The van der Waals surface area contributed by atoms with Gasteiger partial charge in [-0.15, -0.1) is 0 Å². The fraction of sp³-hybridized carbons (Fsp3) is 0.438. The molecule has 1 aromatic rings. The zero-order valence-electron chi connectivity index (χ0n) is 13.4. The Balaban J connectivity index is 1.74. The van der Waals surface area contributed by atoms with E-state index in [4.69, 9.17) is 4.74 Å². The van der Waals surface area contributed by atoms with Crippen LogP contribution in [0.4, 0.5) is 0 Å². The fourth-order valence-corrected chi connectivity index (χ4v) is 5.98. The van der Waals surface area contributed by atoms with Crippen molar-refractivity contribution in [2.75, 3.05) is 24.7 Å². The molecular weight excluding hydrogens is 412 g/mol. The molecule has 0 aliphatic carbocycles. The van der Waals surface area contributed by atoms with Crippen molar-refractivity contribution in [3.8, 4) is 0 Å². The van der Waals surface area contributed by atoms with Gasteiger partial charge in [0.2, 0.25) is 5.37 Å². The number of carbonyl (C=O) groups excluding carboxylic acids is 3. The molecule has 2 saturated heterocycles. The molecule has 25 heavy (non-hydrogen) atoms. The molecule has 1 N–H and O–H groups in total. The number of β-lactam (4-membered cyclic amide) rings is 1. The summed E-state index contributed by atoms with van der Waals surface area (Å²) in [5.74, 6) is -1.14. The Kier molecular flexibility index (Phi) is 5.08. The monoisotopic (exact) mass is 428 g/mol. The summed E-state index contributed by atoms with van der Waals surface area (Å²) in [5, 5.41) is 2.28. The third kappa shape index (κ3) is 3.04. The topological polar surface area (TPSA) is 98.8 Å². The number of rotatable bonds is 4. The lowest BCUT2D eigenvalue weighted by atomic mass is 9.89. The van der Waals surface area contributed by atoms with Gasteiger partial charge in [-0.1, -0.05) is 34.1 Å². The Hall–Kier alpha value is -1.58. The Morgan fingerprint density at radius 2 is 2.12 bits per heavy atom. The van der Waals surface area contributed by atoms with Crippen LogP contribution >= 0.6 is 15.9 Å². The van der Waals surface area contributed by atoms with Gasteiger partial charge in [0.1, 0.15) is 11.2 Å². The standard InChI is InChI=1S/C16H17BrN2O5S/c1-24-15(22)16(7-17)8-19-13(21)11(14(19)25(23)9-16)18-12(20)10-5-3-2-4-6-10/h2-6,11,14H,7-9H2,1H3,(H,18,20)/t11?,14-,16?,25?/m1/s1. The normalized spacial score (nSPS) is 30.9. The van der Waals surface area contributed by atoms with Crippen molar-refractivity contribution in [2.24, 2.45) is 5.41 Å². The van der Waals surface area contributed by atoms with Crippen LogP contribution in [-0.2, 0) is 25.5 Å². The molecule has 0 saturated carbocycles. The number of carbonyl (C=O) groups is 3. The fourth-order valence-electron chi connectivity index (χ4n) is 3.14. The largest absolute Gasteiger partial charge is 0.615 e. The summed E-state index contributed by atoms with van der Waals surface area (Å²) in [6.07, 6.45) is 0. The van der Waals surface area contributed by atoms with Crippen LogP contribution in [0.25, 0.3) is 0 Å². The molecule has 2 amide bonds. The van der Waals surface area contributed by atoms with Crippen LogP contribution in [-0.4, -0.2) is 63.4 Å². The molecule has 2 fully saturated rings. The average Bonchev–Trinajstić information content (AvgIpc) is 2.65. The number of nitrogens with zero attached hydrogens (tertiary/aromatic N) is 1. The molecule has 0 aromatic heterocycles. The Bertz CT molecular complexity index is 703. The second kappa shape index (κ2) is 6.97. The van der Waals surface area contributed by atoms with Gasteiger partial charge < -0.3 is 14.6 Å². The van der Waals surface area contributed by atoms with Gasteiger partial charge in [-0.3, -0.25) is 19.3 Å². The molecule has 9 heteroatoms. The first-order valence-electron chi connectivity index (χ1n) is 7.61. The highest BCUT2D eigenvalue weighted by Gasteiger charge is 2.64. The lowest BCUT2D eigenvalue weighted by Crippen LogP contribution is -2.78. The van der Waals surface area contributed by atoms with E-state index in [1.165, 1.54) is 12.0 Å². The summed E-state index contributed by atoms with van der Waals surface area (Å²) >= 11 is 1.79. The number of benzene rings is 1. The highest BCUT2D eigenvalue weighted by Crippen LogP contribution is 2.40. The summed E-state index contributed by atoms with van der Waals surface area (Å²) in [4.78, 5) is 38.2. The number of alkyl halides is 1. The van der Waals surface area contributed by atoms with Crippen molar-refractivity contribution < 1.29 is 23.7 Å². The number of amides is 2. The number of methoxy groups -OCH3 is 1. The average molecular weight is 429 g/mol. The number of ether oxygens (including phenoxy) is 1. The van der Waals surface area contributed by atoms with E-state index in [1.807, 2.05) is 0 Å². The molecule has 3 rings (SSSR count). The van der Waals surface area contributed by atoms with Gasteiger partial charge in [-0.05, 0) is 23.3 Å². The third-order valence-electron chi connectivity index (χ3n) is 4.50. The van der Waals surface area contributed by atoms with Crippen molar-refractivity contribution in [1.82, 2.24) is 10.2 Å². The van der Waals surface area contributed by atoms with E-state index in [0.29, 0.717) is 5.56 Å². The first-order chi connectivity index (χ1) is 11.9. The lowest BCUT2D eigenvalue weighted by Gasteiger charge is -2.53. The van der Waals surface area contributed by atoms with Crippen molar-refractivity contribution >= 4 is 44.9 Å². The van der Waals surface area contributed by atoms with Crippen LogP contribution in [0, 0.1) is 5.41 Å². The van der Waals surface area contributed by atoms with Crippen LogP contribution in [0.15, 0.2) is 30.3 Å². The molecule has 0 spiro atoms. The predicted molar refractivity (Wildman–Crippen MR) is 94.4 cm³/mol. The lowest BCUT2D eigenvalue weighted by molar-refractivity contribution is -0.158. The minimum Gasteiger partial charge on any atom is -0.615 e. The highest BCUT2D eigenvalue weighted by atomic mass is 79.9. The van der Waals surface area contributed by atoms with Gasteiger partial charge in [0.05, 0.1) is 7.11 Å². The number of halogens is 1. The minimum atomic E-state index is -1.48. The maximum absolute atomic E-state index is 12.7. The molecular formula is C16H17BrN2O5S. The van der Waals surface area contributed by atoms with E-state index in [1.54, 1.807) is 30.3 Å². The Morgan fingerprint density at radius 1 is 1.44 bits per heavy atom. The maximum Gasteiger partial charge on any atom is 0.319 e. The first-order valence-corrected chi connectivity index (χ1v) is 10.1. The summed E-state index contributed by atoms with van der Waals surface area (Å²) in [7, 11) is 1.27. The van der Waals surface area contributed by atoms with Crippen molar-refractivity contribution in [3.63, 3.8) is 0 Å². The molecule has 3 unspecified atom stereocenters. The molecule has 2 heterocycles. The molecule has 4 atom stereocenters. The Labute approximate surface area is 156 Å². The summed E-state index contributed by atoms with van der Waals surface area (Å²) in [6, 6.07) is 7.68. The SMILES string of the molecule is COC(=O)C1(CBr)CN2C(=O)C(NC(=O)c3ccccc3)[C@H]2[S+]([O-])C1. The van der Waals surface area contributed by atoms with Gasteiger partial charge in [0, 0.05) is 17.4 Å². The van der Waals surface area contributed by atoms with Gasteiger partial charge in [0.25, 0.3) is 11.8 Å². The van der Waals surface area contributed by atoms with E-state index in [2.05, 4.69) is 21.2 Å². The summed E-state index contributed by atoms with van der Waals surface area (Å²) < 4.78 is 17.5. The van der Waals surface area contributed by atoms with Crippen molar-refractivity contribution in [3.05, 3.63) is 35.9 Å². The van der Waals surface area contributed by atoms with E-state index in [0.717, 1.165) is 0 Å². The first kappa shape index (κ1) is 18.2. The number of nitrogens with one attached hydrogen (secondary N) is 1. The van der Waals surface area contributed by atoms with Crippen LogP contribution in [0.1, 0.15) is 10.4 Å². The number of esters is 1. The van der Waals surface area contributed by atoms with Crippen molar-refractivity contribution in [2.45, 2.75) is 11.4 Å². The van der Waals surface area contributed by atoms with E-state index in [-0.39, 0.29) is 29.4 Å².